The van der Waals surface area contributed by atoms with Crippen LogP contribution in [0.2, 0.25) is 5.02 Å². The largest absolute Gasteiger partial charge is 0.295 e. The number of H-pyrrole nitrogens is 1. The molecule has 84 valence electrons. The Balaban J connectivity index is 2.28. The van der Waals surface area contributed by atoms with Crippen LogP contribution in [-0.2, 0) is 0 Å². The van der Waals surface area contributed by atoms with Crippen molar-refractivity contribution >= 4 is 22.8 Å². The van der Waals surface area contributed by atoms with Crippen molar-refractivity contribution in [2.24, 2.45) is 0 Å². The Labute approximate surface area is 99.9 Å². The lowest BCUT2D eigenvalue weighted by Crippen LogP contribution is -2.10. The van der Waals surface area contributed by atoms with Crippen molar-refractivity contribution in [3.05, 3.63) is 46.0 Å². The van der Waals surface area contributed by atoms with Crippen LogP contribution in [0.1, 0.15) is 0 Å². The van der Waals surface area contributed by atoms with Gasteiger partial charge in [-0.15, -0.1) is 5.10 Å². The van der Waals surface area contributed by atoms with Gasteiger partial charge in [-0.3, -0.25) is 9.36 Å². The van der Waals surface area contributed by atoms with Gasteiger partial charge >= 0.3 is 0 Å². The number of nitrogens with one attached hydrogen (secondary N) is 1. The molecule has 7 heteroatoms. The second-order valence-corrected chi connectivity index (χ2v) is 3.84. The molecule has 0 aliphatic heterocycles. The van der Waals surface area contributed by atoms with Crippen LogP contribution in [-0.4, -0.2) is 25.0 Å². The van der Waals surface area contributed by atoms with E-state index >= 15 is 0 Å². The molecule has 0 amide bonds. The number of imidazole rings is 1. The number of nitrogens with zero attached hydrogens (tertiary/aromatic N) is 4. The second kappa shape index (κ2) is 3.67. The minimum Gasteiger partial charge on any atom is -0.282 e. The zero-order chi connectivity index (χ0) is 11.8. The van der Waals surface area contributed by atoms with E-state index < -0.39 is 0 Å². The first-order valence-corrected chi connectivity index (χ1v) is 5.18. The first kappa shape index (κ1) is 9.98. The van der Waals surface area contributed by atoms with E-state index in [1.807, 2.05) is 12.1 Å². The van der Waals surface area contributed by atoms with Gasteiger partial charge in [0.2, 0.25) is 0 Å². The Morgan fingerprint density at radius 3 is 2.76 bits per heavy atom. The molecule has 1 N–H and O–H groups in total. The molecule has 2 heterocycles. The van der Waals surface area contributed by atoms with Crippen molar-refractivity contribution in [2.75, 3.05) is 0 Å². The molecule has 3 rings (SSSR count). The molecule has 3 aromatic rings. The molecule has 2 aromatic heterocycles. The molecule has 0 atom stereocenters. The van der Waals surface area contributed by atoms with Gasteiger partial charge in [0.1, 0.15) is 6.33 Å². The van der Waals surface area contributed by atoms with Crippen molar-refractivity contribution in [2.45, 2.75) is 0 Å². The highest BCUT2D eigenvalue weighted by Crippen LogP contribution is 2.16. The number of hydrogen-bond donors (Lipinski definition) is 1. The smallest absolute Gasteiger partial charge is 0.282 e. The molecule has 0 fully saturated rings. The van der Waals surface area contributed by atoms with Crippen LogP contribution in [0, 0.1) is 0 Å². The Bertz CT molecular complexity index is 730. The molecule has 0 aliphatic carbocycles. The van der Waals surface area contributed by atoms with Gasteiger partial charge in [-0.05, 0) is 24.3 Å². The predicted octanol–water partition coefficient (Wildman–Crippen LogP) is 1.16. The summed E-state index contributed by atoms with van der Waals surface area (Å²) in [5.41, 5.74) is 1.13. The average molecular weight is 248 g/mol. The van der Waals surface area contributed by atoms with E-state index in [0.717, 1.165) is 5.69 Å². The molecule has 1 aromatic carbocycles. The second-order valence-electron chi connectivity index (χ2n) is 3.40. The predicted molar refractivity (Wildman–Crippen MR) is 62.3 cm³/mol. The minimum atomic E-state index is -0.359. The maximum absolute atomic E-state index is 11.4. The van der Waals surface area contributed by atoms with Gasteiger partial charge < -0.3 is 0 Å². The summed E-state index contributed by atoms with van der Waals surface area (Å²) < 4.78 is 1.67. The Kier molecular flexibility index (Phi) is 2.15. The normalized spacial score (nSPS) is 10.9. The summed E-state index contributed by atoms with van der Waals surface area (Å²) >= 11 is 5.81. The fraction of sp³-hybridized carbons (Fsp3) is 0. The summed E-state index contributed by atoms with van der Waals surface area (Å²) in [6.07, 6.45) is 1.53. The Morgan fingerprint density at radius 2 is 2.00 bits per heavy atom. The van der Waals surface area contributed by atoms with Crippen LogP contribution in [0.15, 0.2) is 35.4 Å². The molecule has 0 unspecified atom stereocenters. The van der Waals surface area contributed by atoms with Crippen molar-refractivity contribution in [1.29, 1.82) is 0 Å². The van der Waals surface area contributed by atoms with E-state index in [-0.39, 0.29) is 11.1 Å². The van der Waals surface area contributed by atoms with E-state index in [4.69, 9.17) is 11.6 Å². The Morgan fingerprint density at radius 1 is 1.24 bits per heavy atom. The molecular formula is C10H6ClN5O. The summed E-state index contributed by atoms with van der Waals surface area (Å²) in [7, 11) is 0. The van der Waals surface area contributed by atoms with E-state index in [1.165, 1.54) is 6.33 Å². The molecule has 0 radical (unpaired) electrons. The summed E-state index contributed by atoms with van der Waals surface area (Å²) in [4.78, 5) is 15.4. The van der Waals surface area contributed by atoms with Crippen LogP contribution in [0.4, 0.5) is 0 Å². The number of rotatable bonds is 1. The van der Waals surface area contributed by atoms with Crippen molar-refractivity contribution in [1.82, 2.24) is 25.0 Å². The number of hydrogen-bond acceptors (Lipinski definition) is 4. The van der Waals surface area contributed by atoms with E-state index in [1.54, 1.807) is 16.7 Å². The van der Waals surface area contributed by atoms with Crippen LogP contribution >= 0.6 is 11.6 Å². The highest BCUT2D eigenvalue weighted by Gasteiger charge is 2.09. The van der Waals surface area contributed by atoms with Gasteiger partial charge in [0.05, 0.1) is 0 Å². The summed E-state index contributed by atoms with van der Waals surface area (Å²) in [6.45, 7) is 0. The zero-order valence-corrected chi connectivity index (χ0v) is 9.22. The van der Waals surface area contributed by atoms with E-state index in [9.17, 15) is 4.79 Å². The average Bonchev–Trinajstić information content (AvgIpc) is 2.75. The van der Waals surface area contributed by atoms with Gasteiger partial charge in [-0.2, -0.15) is 0 Å². The highest BCUT2D eigenvalue weighted by atomic mass is 35.5. The molecule has 17 heavy (non-hydrogen) atoms. The molecule has 0 spiro atoms. The lowest BCUT2D eigenvalue weighted by Gasteiger charge is -2.01. The summed E-state index contributed by atoms with van der Waals surface area (Å²) in [6, 6.07) is 7.13. The SMILES string of the molecule is O=c1[nH]nnc2c1ncn2-c1ccc(Cl)cc1. The van der Waals surface area contributed by atoms with Gasteiger partial charge in [-0.25, -0.2) is 10.1 Å². The van der Waals surface area contributed by atoms with E-state index in [0.29, 0.717) is 10.7 Å². The zero-order valence-electron chi connectivity index (χ0n) is 8.46. The standard InChI is InChI=1S/C10H6ClN5O/c11-6-1-3-7(4-2-6)16-5-12-8-9(16)13-15-14-10(8)17/h1-5H,(H,13,14,17). The molecule has 0 aliphatic rings. The third-order valence-electron chi connectivity index (χ3n) is 2.36. The maximum atomic E-state index is 11.4. The van der Waals surface area contributed by atoms with Crippen LogP contribution < -0.4 is 5.56 Å². The lowest BCUT2D eigenvalue weighted by molar-refractivity contribution is 0.856. The van der Waals surface area contributed by atoms with Crippen LogP contribution in [0.5, 0.6) is 0 Å². The molecule has 6 nitrogen and oxygen atoms in total. The fourth-order valence-electron chi connectivity index (χ4n) is 1.56. The maximum Gasteiger partial charge on any atom is 0.295 e. The number of aromatic nitrogens is 5. The number of fused-ring (bicyclic) bond motifs is 1. The Hall–Kier alpha value is -2.21. The van der Waals surface area contributed by atoms with Crippen molar-refractivity contribution in [3.63, 3.8) is 0 Å². The monoisotopic (exact) mass is 247 g/mol. The lowest BCUT2D eigenvalue weighted by atomic mass is 10.3. The third kappa shape index (κ3) is 1.58. The fourth-order valence-corrected chi connectivity index (χ4v) is 1.69. The summed E-state index contributed by atoms with van der Waals surface area (Å²) in [5.74, 6) is 0. The number of benzene rings is 1. The first-order valence-electron chi connectivity index (χ1n) is 4.80. The van der Waals surface area contributed by atoms with Crippen molar-refractivity contribution < 1.29 is 0 Å². The molecule has 0 saturated heterocycles. The molecular weight excluding hydrogens is 242 g/mol. The first-order chi connectivity index (χ1) is 8.25. The third-order valence-corrected chi connectivity index (χ3v) is 2.61. The number of halogens is 1. The van der Waals surface area contributed by atoms with Crippen LogP contribution in [0.3, 0.4) is 0 Å². The van der Waals surface area contributed by atoms with Crippen molar-refractivity contribution in [3.8, 4) is 5.69 Å². The molecule has 0 saturated carbocycles. The summed E-state index contributed by atoms with van der Waals surface area (Å²) in [5, 5.41) is 10.3. The molecule has 0 bridgehead atoms. The minimum absolute atomic E-state index is 0.259. The van der Waals surface area contributed by atoms with Gasteiger partial charge in [-0.1, -0.05) is 16.8 Å². The quantitative estimate of drug-likeness (QED) is 0.700. The van der Waals surface area contributed by atoms with Gasteiger partial charge in [0, 0.05) is 10.7 Å². The highest BCUT2D eigenvalue weighted by molar-refractivity contribution is 6.30. The van der Waals surface area contributed by atoms with E-state index in [2.05, 4.69) is 20.4 Å². The van der Waals surface area contributed by atoms with Crippen LogP contribution in [0.25, 0.3) is 16.9 Å². The van der Waals surface area contributed by atoms with Gasteiger partial charge in [0.25, 0.3) is 5.56 Å². The van der Waals surface area contributed by atoms with Gasteiger partial charge in [0.15, 0.2) is 11.2 Å². The topological polar surface area (TPSA) is 76.5 Å². The number of aromatic amines is 1.